The van der Waals surface area contributed by atoms with Gasteiger partial charge in [-0.3, -0.25) is 4.79 Å². The SMILES string of the molecule is CC1(C)C(=O)Nc2ccc(C(Br)CC3CCC3)cc21. The van der Waals surface area contributed by atoms with Crippen LogP contribution in [0.15, 0.2) is 18.2 Å². The number of nitrogens with one attached hydrogen (secondary N) is 1. The van der Waals surface area contributed by atoms with Crippen molar-refractivity contribution in [1.82, 2.24) is 0 Å². The predicted octanol–water partition coefficient (Wildman–Crippen LogP) is 4.54. The van der Waals surface area contributed by atoms with Crippen LogP contribution < -0.4 is 5.32 Å². The lowest BCUT2D eigenvalue weighted by molar-refractivity contribution is -0.119. The van der Waals surface area contributed by atoms with Crippen molar-refractivity contribution < 1.29 is 4.79 Å². The minimum absolute atomic E-state index is 0.102. The number of carbonyl (C=O) groups excluding carboxylic acids is 1. The van der Waals surface area contributed by atoms with Crippen LogP contribution in [0, 0.1) is 5.92 Å². The van der Waals surface area contributed by atoms with Gasteiger partial charge in [-0.05, 0) is 43.4 Å². The number of anilines is 1. The van der Waals surface area contributed by atoms with Gasteiger partial charge in [0.25, 0.3) is 0 Å². The summed E-state index contributed by atoms with van der Waals surface area (Å²) in [5.74, 6) is 0.982. The molecule has 2 nitrogen and oxygen atoms in total. The molecule has 102 valence electrons. The summed E-state index contributed by atoms with van der Waals surface area (Å²) in [5.41, 5.74) is 3.00. The van der Waals surface area contributed by atoms with Crippen LogP contribution in [-0.4, -0.2) is 5.91 Å². The topological polar surface area (TPSA) is 29.1 Å². The first-order valence-electron chi connectivity index (χ1n) is 7.08. The summed E-state index contributed by atoms with van der Waals surface area (Å²) in [7, 11) is 0. The summed E-state index contributed by atoms with van der Waals surface area (Å²) in [6.45, 7) is 3.99. The molecule has 1 aromatic rings. The van der Waals surface area contributed by atoms with Gasteiger partial charge in [0.05, 0.1) is 5.41 Å². The van der Waals surface area contributed by atoms with E-state index in [-0.39, 0.29) is 5.91 Å². The molecule has 1 fully saturated rings. The van der Waals surface area contributed by atoms with E-state index in [9.17, 15) is 4.79 Å². The lowest BCUT2D eigenvalue weighted by atomic mass is 9.80. The van der Waals surface area contributed by atoms with Crippen LogP contribution in [0.3, 0.4) is 0 Å². The maximum Gasteiger partial charge on any atom is 0.234 e. The smallest absolute Gasteiger partial charge is 0.234 e. The Bertz CT molecular complexity index is 519. The minimum Gasteiger partial charge on any atom is -0.325 e. The van der Waals surface area contributed by atoms with Crippen molar-refractivity contribution in [1.29, 1.82) is 0 Å². The quantitative estimate of drug-likeness (QED) is 0.813. The monoisotopic (exact) mass is 321 g/mol. The number of hydrogen-bond acceptors (Lipinski definition) is 1. The zero-order valence-corrected chi connectivity index (χ0v) is 13.1. The van der Waals surface area contributed by atoms with Crippen LogP contribution in [0.1, 0.15) is 55.5 Å². The molecule has 19 heavy (non-hydrogen) atoms. The van der Waals surface area contributed by atoms with Gasteiger partial charge in [-0.2, -0.15) is 0 Å². The molecule has 1 atom stereocenters. The zero-order chi connectivity index (χ0) is 13.6. The highest BCUT2D eigenvalue weighted by Gasteiger charge is 2.38. The highest BCUT2D eigenvalue weighted by molar-refractivity contribution is 9.09. The van der Waals surface area contributed by atoms with E-state index in [0.29, 0.717) is 4.83 Å². The zero-order valence-electron chi connectivity index (χ0n) is 11.5. The summed E-state index contributed by atoms with van der Waals surface area (Å²) in [6.07, 6.45) is 5.35. The van der Waals surface area contributed by atoms with E-state index in [1.165, 1.54) is 31.2 Å². The molecule has 1 heterocycles. The maximum atomic E-state index is 11.9. The molecule has 1 aliphatic heterocycles. The summed E-state index contributed by atoms with van der Waals surface area (Å²) >= 11 is 3.82. The van der Waals surface area contributed by atoms with E-state index in [2.05, 4.69) is 33.4 Å². The van der Waals surface area contributed by atoms with Crippen LogP contribution in [0.2, 0.25) is 0 Å². The Balaban J connectivity index is 1.85. The molecule has 1 aromatic carbocycles. The Hall–Kier alpha value is -0.830. The van der Waals surface area contributed by atoms with E-state index >= 15 is 0 Å². The molecule has 1 amide bonds. The number of rotatable bonds is 3. The third-order valence-electron chi connectivity index (χ3n) is 4.66. The Labute approximate surface area is 123 Å². The Kier molecular flexibility index (Phi) is 3.20. The first-order chi connectivity index (χ1) is 8.98. The number of carbonyl (C=O) groups is 1. The molecule has 0 aromatic heterocycles. The summed E-state index contributed by atoms with van der Waals surface area (Å²) in [5, 5.41) is 2.96. The Morgan fingerprint density at radius 2 is 2.16 bits per heavy atom. The highest BCUT2D eigenvalue weighted by Crippen LogP contribution is 2.42. The van der Waals surface area contributed by atoms with E-state index in [1.54, 1.807) is 0 Å². The molecule has 0 saturated heterocycles. The van der Waals surface area contributed by atoms with Gasteiger partial charge >= 0.3 is 0 Å². The molecule has 3 heteroatoms. The van der Waals surface area contributed by atoms with E-state index in [4.69, 9.17) is 0 Å². The molecule has 1 aliphatic carbocycles. The van der Waals surface area contributed by atoms with E-state index in [0.717, 1.165) is 17.2 Å². The number of hydrogen-bond donors (Lipinski definition) is 1. The third kappa shape index (κ3) is 2.22. The molecule has 2 aliphatic rings. The summed E-state index contributed by atoms with van der Waals surface area (Å²) < 4.78 is 0. The second-order valence-electron chi connectivity index (χ2n) is 6.38. The van der Waals surface area contributed by atoms with Crippen molar-refractivity contribution >= 4 is 27.5 Å². The summed E-state index contributed by atoms with van der Waals surface area (Å²) in [4.78, 5) is 12.4. The number of benzene rings is 1. The first kappa shape index (κ1) is 13.2. The number of amides is 1. The second kappa shape index (κ2) is 4.62. The average molecular weight is 322 g/mol. The maximum absolute atomic E-state index is 11.9. The van der Waals surface area contributed by atoms with Crippen molar-refractivity contribution in [2.75, 3.05) is 5.32 Å². The largest absolute Gasteiger partial charge is 0.325 e. The molecule has 1 N–H and O–H groups in total. The average Bonchev–Trinajstić information content (AvgIpc) is 2.55. The van der Waals surface area contributed by atoms with Crippen molar-refractivity contribution in [2.45, 2.75) is 49.8 Å². The van der Waals surface area contributed by atoms with Crippen LogP contribution in [-0.2, 0) is 10.2 Å². The van der Waals surface area contributed by atoms with Gasteiger partial charge in [0.1, 0.15) is 0 Å². The highest BCUT2D eigenvalue weighted by atomic mass is 79.9. The Morgan fingerprint density at radius 1 is 1.42 bits per heavy atom. The van der Waals surface area contributed by atoms with Gasteiger partial charge in [-0.25, -0.2) is 0 Å². The lowest BCUT2D eigenvalue weighted by Gasteiger charge is -2.28. The molecule has 0 spiro atoms. The van der Waals surface area contributed by atoms with Gasteiger partial charge in [0.2, 0.25) is 5.91 Å². The van der Waals surface area contributed by atoms with Crippen molar-refractivity contribution in [3.63, 3.8) is 0 Å². The summed E-state index contributed by atoms with van der Waals surface area (Å²) in [6, 6.07) is 6.39. The fourth-order valence-electron chi connectivity index (χ4n) is 2.94. The second-order valence-corrected chi connectivity index (χ2v) is 7.49. The third-order valence-corrected chi connectivity index (χ3v) is 5.56. The van der Waals surface area contributed by atoms with Crippen molar-refractivity contribution in [3.8, 4) is 0 Å². The standard InChI is InChI=1S/C16H20BrNO/c1-16(2)12-9-11(6-7-14(12)18-15(16)19)13(17)8-10-4-3-5-10/h6-7,9-10,13H,3-5,8H2,1-2H3,(H,18,19). The number of alkyl halides is 1. The Morgan fingerprint density at radius 3 is 2.79 bits per heavy atom. The number of fused-ring (bicyclic) bond motifs is 1. The number of halogens is 1. The molecular formula is C16H20BrNO. The van der Waals surface area contributed by atoms with Gasteiger partial charge in [-0.15, -0.1) is 0 Å². The molecule has 1 saturated carbocycles. The normalized spacial score (nSPS) is 22.6. The molecule has 1 unspecified atom stereocenters. The van der Waals surface area contributed by atoms with Gasteiger partial charge in [0.15, 0.2) is 0 Å². The van der Waals surface area contributed by atoms with Gasteiger partial charge in [0, 0.05) is 10.5 Å². The van der Waals surface area contributed by atoms with E-state index in [1.807, 2.05) is 19.9 Å². The van der Waals surface area contributed by atoms with Crippen LogP contribution in [0.4, 0.5) is 5.69 Å². The van der Waals surface area contributed by atoms with Crippen LogP contribution >= 0.6 is 15.9 Å². The van der Waals surface area contributed by atoms with Gasteiger partial charge < -0.3 is 5.32 Å². The first-order valence-corrected chi connectivity index (χ1v) is 8.00. The van der Waals surface area contributed by atoms with Crippen LogP contribution in [0.25, 0.3) is 0 Å². The van der Waals surface area contributed by atoms with Crippen molar-refractivity contribution in [2.24, 2.45) is 5.92 Å². The van der Waals surface area contributed by atoms with E-state index < -0.39 is 5.41 Å². The fraction of sp³-hybridized carbons (Fsp3) is 0.562. The molecular weight excluding hydrogens is 302 g/mol. The van der Waals surface area contributed by atoms with Crippen molar-refractivity contribution in [3.05, 3.63) is 29.3 Å². The molecule has 0 bridgehead atoms. The molecule has 3 rings (SSSR count). The lowest BCUT2D eigenvalue weighted by Crippen LogP contribution is -2.26. The minimum atomic E-state index is -0.408. The van der Waals surface area contributed by atoms with Crippen LogP contribution in [0.5, 0.6) is 0 Å². The predicted molar refractivity (Wildman–Crippen MR) is 81.7 cm³/mol. The molecule has 0 radical (unpaired) electrons. The fourth-order valence-corrected chi connectivity index (χ4v) is 3.75. The van der Waals surface area contributed by atoms with Gasteiger partial charge in [-0.1, -0.05) is 47.3 Å².